The molecule has 1 saturated heterocycles. The summed E-state index contributed by atoms with van der Waals surface area (Å²) in [6.07, 6.45) is 5.54. The van der Waals surface area contributed by atoms with Crippen molar-refractivity contribution < 1.29 is 9.53 Å². The highest BCUT2D eigenvalue weighted by atomic mass is 16.5. The predicted octanol–water partition coefficient (Wildman–Crippen LogP) is 2.40. The zero-order valence-electron chi connectivity index (χ0n) is 11.2. The summed E-state index contributed by atoms with van der Waals surface area (Å²) in [5.41, 5.74) is 0.919. The first-order chi connectivity index (χ1) is 9.31. The fourth-order valence-electron chi connectivity index (χ4n) is 2.92. The smallest absolute Gasteiger partial charge is 0.230 e. The minimum Gasteiger partial charge on any atom is -0.378 e. The molecule has 2 aliphatic rings. The van der Waals surface area contributed by atoms with Crippen molar-refractivity contribution in [3.8, 4) is 0 Å². The number of benzene rings is 1. The van der Waals surface area contributed by atoms with Crippen molar-refractivity contribution in [3.63, 3.8) is 0 Å². The third-order valence-corrected chi connectivity index (χ3v) is 4.29. The van der Waals surface area contributed by atoms with Gasteiger partial charge in [0.2, 0.25) is 5.91 Å². The molecule has 1 amide bonds. The van der Waals surface area contributed by atoms with Gasteiger partial charge in [-0.05, 0) is 37.7 Å². The molecule has 1 heterocycles. The number of carbonyl (C=O) groups is 1. The zero-order chi connectivity index (χ0) is 13.1. The summed E-state index contributed by atoms with van der Waals surface area (Å²) >= 11 is 0. The molecule has 0 radical (unpaired) electrons. The highest BCUT2D eigenvalue weighted by Crippen LogP contribution is 2.48. The number of rotatable bonds is 5. The number of hydrogen-bond donors (Lipinski definition) is 1. The Kier molecular flexibility index (Phi) is 3.56. The molecule has 0 aromatic heterocycles. The molecule has 19 heavy (non-hydrogen) atoms. The molecule has 3 nitrogen and oxygen atoms in total. The predicted molar refractivity (Wildman–Crippen MR) is 74.0 cm³/mol. The van der Waals surface area contributed by atoms with Crippen LogP contribution in [0.15, 0.2) is 30.3 Å². The molecular weight excluding hydrogens is 238 g/mol. The molecule has 1 aromatic rings. The van der Waals surface area contributed by atoms with Crippen LogP contribution in [0.4, 0.5) is 0 Å². The van der Waals surface area contributed by atoms with Gasteiger partial charge in [-0.25, -0.2) is 0 Å². The van der Waals surface area contributed by atoms with Crippen LogP contribution in [0.25, 0.3) is 0 Å². The van der Waals surface area contributed by atoms with E-state index < -0.39 is 0 Å². The molecule has 1 N–H and O–H groups in total. The quantitative estimate of drug-likeness (QED) is 0.882. The molecule has 1 aromatic carbocycles. The summed E-state index contributed by atoms with van der Waals surface area (Å²) < 4.78 is 5.57. The standard InChI is InChI=1S/C16H21NO2/c18-15(17-11-8-14-7-4-12-19-14)16(9-10-16)13-5-2-1-3-6-13/h1-3,5-6,14H,4,7-12H2,(H,17,18). The van der Waals surface area contributed by atoms with Crippen molar-refractivity contribution in [2.24, 2.45) is 0 Å². The van der Waals surface area contributed by atoms with Crippen molar-refractivity contribution in [2.45, 2.75) is 43.6 Å². The van der Waals surface area contributed by atoms with Crippen LogP contribution >= 0.6 is 0 Å². The van der Waals surface area contributed by atoms with E-state index in [-0.39, 0.29) is 11.3 Å². The first-order valence-corrected chi connectivity index (χ1v) is 7.27. The lowest BCUT2D eigenvalue weighted by atomic mass is 9.95. The second-order valence-electron chi connectivity index (χ2n) is 5.63. The minimum absolute atomic E-state index is 0.191. The molecule has 1 aliphatic heterocycles. The Hall–Kier alpha value is -1.35. The molecule has 3 heteroatoms. The van der Waals surface area contributed by atoms with Crippen LogP contribution in [-0.2, 0) is 14.9 Å². The highest BCUT2D eigenvalue weighted by molar-refractivity contribution is 5.91. The van der Waals surface area contributed by atoms with Gasteiger partial charge in [0.05, 0.1) is 11.5 Å². The molecule has 102 valence electrons. The van der Waals surface area contributed by atoms with Crippen molar-refractivity contribution in [1.29, 1.82) is 0 Å². The maximum absolute atomic E-state index is 12.3. The van der Waals surface area contributed by atoms with Gasteiger partial charge in [-0.1, -0.05) is 30.3 Å². The van der Waals surface area contributed by atoms with Gasteiger partial charge in [0.15, 0.2) is 0 Å². The van der Waals surface area contributed by atoms with Crippen molar-refractivity contribution in [3.05, 3.63) is 35.9 Å². The van der Waals surface area contributed by atoms with Gasteiger partial charge in [0, 0.05) is 13.2 Å². The molecule has 0 bridgehead atoms. The first-order valence-electron chi connectivity index (χ1n) is 7.27. The van der Waals surface area contributed by atoms with Crippen LogP contribution in [0, 0.1) is 0 Å². The average molecular weight is 259 g/mol. The van der Waals surface area contributed by atoms with E-state index >= 15 is 0 Å². The molecule has 1 atom stereocenters. The number of ether oxygens (including phenoxy) is 1. The van der Waals surface area contributed by atoms with Crippen LogP contribution < -0.4 is 5.32 Å². The fraction of sp³-hybridized carbons (Fsp3) is 0.562. The lowest BCUT2D eigenvalue weighted by Gasteiger charge is -2.16. The van der Waals surface area contributed by atoms with E-state index in [1.165, 1.54) is 0 Å². The SMILES string of the molecule is O=C(NCCC1CCCO1)C1(c2ccccc2)CC1. The third-order valence-electron chi connectivity index (χ3n) is 4.29. The maximum atomic E-state index is 12.3. The van der Waals surface area contributed by atoms with Crippen LogP contribution in [-0.4, -0.2) is 25.2 Å². The molecular formula is C16H21NO2. The van der Waals surface area contributed by atoms with E-state index in [0.717, 1.165) is 50.8 Å². The van der Waals surface area contributed by atoms with Crippen molar-refractivity contribution >= 4 is 5.91 Å². The second kappa shape index (κ2) is 5.33. The Morgan fingerprint density at radius 1 is 1.32 bits per heavy atom. The van der Waals surface area contributed by atoms with E-state index in [4.69, 9.17) is 4.74 Å². The lowest BCUT2D eigenvalue weighted by Crippen LogP contribution is -2.36. The van der Waals surface area contributed by atoms with Crippen LogP contribution in [0.1, 0.15) is 37.7 Å². The third kappa shape index (κ3) is 2.66. The largest absolute Gasteiger partial charge is 0.378 e. The van der Waals surface area contributed by atoms with E-state index in [2.05, 4.69) is 17.4 Å². The molecule has 0 spiro atoms. The van der Waals surface area contributed by atoms with Gasteiger partial charge in [-0.2, -0.15) is 0 Å². The second-order valence-corrected chi connectivity index (χ2v) is 5.63. The fourth-order valence-corrected chi connectivity index (χ4v) is 2.92. The van der Waals surface area contributed by atoms with Crippen LogP contribution in [0.5, 0.6) is 0 Å². The number of nitrogens with one attached hydrogen (secondary N) is 1. The van der Waals surface area contributed by atoms with Crippen molar-refractivity contribution in [2.75, 3.05) is 13.2 Å². The molecule has 1 unspecified atom stereocenters. The Bertz CT molecular complexity index is 433. The summed E-state index contributed by atoms with van der Waals surface area (Å²) in [5, 5.41) is 3.09. The van der Waals surface area contributed by atoms with E-state index in [0.29, 0.717) is 6.10 Å². The molecule has 1 aliphatic carbocycles. The average Bonchev–Trinajstić information content (AvgIpc) is 3.11. The van der Waals surface area contributed by atoms with E-state index in [9.17, 15) is 4.79 Å². The maximum Gasteiger partial charge on any atom is 0.230 e. The highest BCUT2D eigenvalue weighted by Gasteiger charge is 2.50. The minimum atomic E-state index is -0.238. The number of hydrogen-bond acceptors (Lipinski definition) is 2. The van der Waals surface area contributed by atoms with Gasteiger partial charge in [-0.15, -0.1) is 0 Å². The Morgan fingerprint density at radius 3 is 2.74 bits per heavy atom. The van der Waals surface area contributed by atoms with E-state index in [1.807, 2.05) is 18.2 Å². The van der Waals surface area contributed by atoms with Gasteiger partial charge < -0.3 is 10.1 Å². The zero-order valence-corrected chi connectivity index (χ0v) is 11.2. The normalized spacial score (nSPS) is 24.1. The van der Waals surface area contributed by atoms with Gasteiger partial charge in [0.1, 0.15) is 0 Å². The summed E-state index contributed by atoms with van der Waals surface area (Å²) in [5.74, 6) is 0.191. The number of carbonyl (C=O) groups excluding carboxylic acids is 1. The summed E-state index contributed by atoms with van der Waals surface area (Å²) in [6, 6.07) is 10.1. The van der Waals surface area contributed by atoms with Gasteiger partial charge >= 0.3 is 0 Å². The Morgan fingerprint density at radius 2 is 2.11 bits per heavy atom. The Balaban J connectivity index is 1.52. The van der Waals surface area contributed by atoms with Crippen LogP contribution in [0.2, 0.25) is 0 Å². The number of amides is 1. The monoisotopic (exact) mass is 259 g/mol. The summed E-state index contributed by atoms with van der Waals surface area (Å²) in [4.78, 5) is 12.3. The topological polar surface area (TPSA) is 38.3 Å². The Labute approximate surface area is 114 Å². The molecule has 1 saturated carbocycles. The summed E-state index contributed by atoms with van der Waals surface area (Å²) in [6.45, 7) is 1.62. The lowest BCUT2D eigenvalue weighted by molar-refractivity contribution is -0.123. The van der Waals surface area contributed by atoms with Crippen molar-refractivity contribution in [1.82, 2.24) is 5.32 Å². The van der Waals surface area contributed by atoms with E-state index in [1.54, 1.807) is 0 Å². The van der Waals surface area contributed by atoms with Gasteiger partial charge in [0.25, 0.3) is 0 Å². The van der Waals surface area contributed by atoms with Crippen LogP contribution in [0.3, 0.4) is 0 Å². The molecule has 2 fully saturated rings. The summed E-state index contributed by atoms with van der Waals surface area (Å²) in [7, 11) is 0. The first kappa shape index (κ1) is 12.7. The van der Waals surface area contributed by atoms with Gasteiger partial charge in [-0.3, -0.25) is 4.79 Å². The molecule has 3 rings (SSSR count).